The van der Waals surface area contributed by atoms with Gasteiger partial charge in [0.2, 0.25) is 5.88 Å². The molecule has 0 radical (unpaired) electrons. The average Bonchev–Trinajstić information content (AvgIpc) is 3.30. The van der Waals surface area contributed by atoms with Crippen molar-refractivity contribution in [3.8, 4) is 5.88 Å². The van der Waals surface area contributed by atoms with Crippen molar-refractivity contribution in [3.05, 3.63) is 94.5 Å². The second kappa shape index (κ2) is 11.6. The first kappa shape index (κ1) is 26.9. The molecule has 9 nitrogen and oxygen atoms in total. The molecule has 10 heteroatoms. The zero-order chi connectivity index (χ0) is 28.3. The van der Waals surface area contributed by atoms with E-state index >= 15 is 0 Å². The third-order valence-electron chi connectivity index (χ3n) is 7.98. The van der Waals surface area contributed by atoms with Crippen LogP contribution in [0.1, 0.15) is 52.5 Å². The first-order valence-corrected chi connectivity index (χ1v) is 13.8. The number of piperidine rings is 1. The van der Waals surface area contributed by atoms with Crippen LogP contribution in [0.2, 0.25) is 0 Å². The molecule has 2 aliphatic heterocycles. The molecule has 210 valence electrons. The molecule has 0 bridgehead atoms. The van der Waals surface area contributed by atoms with E-state index in [1.165, 1.54) is 6.07 Å². The molecule has 0 amide bonds. The van der Waals surface area contributed by atoms with Crippen molar-refractivity contribution in [3.63, 3.8) is 0 Å². The standard InChI is InChI=1S/C31H30FN5O4/c1-33-23-6-4-22(26(32)16-23)19-41-30-25(3-2-11-34-30)20-8-12-36(13-9-20)18-29-35-27-7-5-21(31(38)39)15-28(27)37(29)17-24-10-14-40-24/h2-7,11,15-16,20,24H,8-10,12-14,17-19H2,(H,38,39)/t24-/m0/s1. The van der Waals surface area contributed by atoms with E-state index in [9.17, 15) is 14.3 Å². The molecule has 2 fully saturated rings. The van der Waals surface area contributed by atoms with Gasteiger partial charge in [-0.05, 0) is 68.6 Å². The smallest absolute Gasteiger partial charge is 0.335 e. The summed E-state index contributed by atoms with van der Waals surface area (Å²) in [6.45, 7) is 10.9. The average molecular weight is 556 g/mol. The lowest BCUT2D eigenvalue weighted by molar-refractivity contribution is -0.0592. The molecule has 4 aromatic rings. The van der Waals surface area contributed by atoms with Crippen molar-refractivity contribution >= 4 is 22.7 Å². The maximum absolute atomic E-state index is 14.4. The zero-order valence-electron chi connectivity index (χ0n) is 22.5. The molecule has 2 aromatic heterocycles. The Hall–Kier alpha value is -4.33. The van der Waals surface area contributed by atoms with E-state index < -0.39 is 11.8 Å². The van der Waals surface area contributed by atoms with Crippen LogP contribution in [-0.2, 0) is 24.4 Å². The minimum absolute atomic E-state index is 0.0392. The number of aromatic nitrogens is 3. The van der Waals surface area contributed by atoms with Gasteiger partial charge in [-0.15, -0.1) is 0 Å². The Kier molecular flexibility index (Phi) is 7.63. The molecule has 2 aliphatic rings. The number of fused-ring (bicyclic) bond motifs is 1. The molecule has 4 heterocycles. The highest BCUT2D eigenvalue weighted by atomic mass is 19.1. The summed E-state index contributed by atoms with van der Waals surface area (Å²) in [6, 6.07) is 13.4. The van der Waals surface area contributed by atoms with Crippen LogP contribution >= 0.6 is 0 Å². The summed E-state index contributed by atoms with van der Waals surface area (Å²) in [6.07, 6.45) is 4.60. The van der Waals surface area contributed by atoms with E-state index in [1.807, 2.05) is 12.1 Å². The molecule has 1 N–H and O–H groups in total. The van der Waals surface area contributed by atoms with E-state index in [0.717, 1.165) is 61.4 Å². The Labute approximate surface area is 237 Å². The molecular weight excluding hydrogens is 525 g/mol. The lowest BCUT2D eigenvalue weighted by Gasteiger charge is -2.33. The number of benzene rings is 2. The van der Waals surface area contributed by atoms with Crippen LogP contribution in [0.15, 0.2) is 54.7 Å². The second-order valence-corrected chi connectivity index (χ2v) is 10.6. The van der Waals surface area contributed by atoms with Crippen LogP contribution in [0.4, 0.5) is 10.1 Å². The number of imidazole rings is 1. The van der Waals surface area contributed by atoms with E-state index in [1.54, 1.807) is 36.5 Å². The zero-order valence-corrected chi connectivity index (χ0v) is 22.5. The fourth-order valence-corrected chi connectivity index (χ4v) is 5.57. The molecule has 41 heavy (non-hydrogen) atoms. The van der Waals surface area contributed by atoms with Crippen molar-refractivity contribution in [1.82, 2.24) is 19.4 Å². The minimum Gasteiger partial charge on any atom is -0.478 e. The molecule has 2 aromatic carbocycles. The lowest BCUT2D eigenvalue weighted by Crippen LogP contribution is -2.35. The Bertz CT molecular complexity index is 1620. The summed E-state index contributed by atoms with van der Waals surface area (Å²) in [5, 5.41) is 9.50. The summed E-state index contributed by atoms with van der Waals surface area (Å²) in [7, 11) is 0. The molecule has 2 saturated heterocycles. The molecular formula is C31H30FN5O4. The summed E-state index contributed by atoms with van der Waals surface area (Å²) in [5.74, 6) is 0.261. The minimum atomic E-state index is -0.954. The molecule has 0 saturated carbocycles. The number of carboxylic acid groups (broad SMARTS) is 1. The highest BCUT2D eigenvalue weighted by Crippen LogP contribution is 2.34. The largest absolute Gasteiger partial charge is 0.478 e. The van der Waals surface area contributed by atoms with Crippen molar-refractivity contribution in [2.45, 2.75) is 51.0 Å². The Morgan fingerprint density at radius 1 is 1.17 bits per heavy atom. The number of hydrogen-bond acceptors (Lipinski definition) is 6. The summed E-state index contributed by atoms with van der Waals surface area (Å²) < 4.78 is 28.2. The molecule has 0 spiro atoms. The normalized spacial score (nSPS) is 17.7. The van der Waals surface area contributed by atoms with E-state index in [-0.39, 0.29) is 29.9 Å². The monoisotopic (exact) mass is 555 g/mol. The van der Waals surface area contributed by atoms with Gasteiger partial charge in [0.1, 0.15) is 18.2 Å². The second-order valence-electron chi connectivity index (χ2n) is 10.6. The maximum Gasteiger partial charge on any atom is 0.335 e. The molecule has 6 rings (SSSR count). The van der Waals surface area contributed by atoms with Gasteiger partial charge < -0.3 is 19.1 Å². The van der Waals surface area contributed by atoms with Crippen LogP contribution in [-0.4, -0.2) is 56.3 Å². The predicted octanol–water partition coefficient (Wildman–Crippen LogP) is 5.57. The van der Waals surface area contributed by atoms with E-state index in [2.05, 4.69) is 19.3 Å². The molecule has 1 atom stereocenters. The number of carboxylic acids is 1. The van der Waals surface area contributed by atoms with Gasteiger partial charge in [-0.1, -0.05) is 18.2 Å². The van der Waals surface area contributed by atoms with Crippen molar-refractivity contribution < 1.29 is 23.8 Å². The number of carbonyl (C=O) groups is 1. The first-order valence-electron chi connectivity index (χ1n) is 13.8. The number of rotatable bonds is 9. The topological polar surface area (TPSA) is 94.1 Å². The number of hydrogen-bond donors (Lipinski definition) is 1. The van der Waals surface area contributed by atoms with Gasteiger partial charge in [-0.2, -0.15) is 0 Å². The lowest BCUT2D eigenvalue weighted by atomic mass is 9.90. The van der Waals surface area contributed by atoms with Gasteiger partial charge in [-0.3, -0.25) is 4.90 Å². The van der Waals surface area contributed by atoms with Crippen LogP contribution < -0.4 is 4.74 Å². The van der Waals surface area contributed by atoms with Gasteiger partial charge in [-0.25, -0.2) is 24.0 Å². The fourth-order valence-electron chi connectivity index (χ4n) is 5.57. The van der Waals surface area contributed by atoms with E-state index in [4.69, 9.17) is 21.0 Å². The van der Waals surface area contributed by atoms with E-state index in [0.29, 0.717) is 24.5 Å². The van der Waals surface area contributed by atoms with Gasteiger partial charge >= 0.3 is 5.97 Å². The highest BCUT2D eigenvalue weighted by Gasteiger charge is 2.27. The summed E-state index contributed by atoms with van der Waals surface area (Å²) >= 11 is 0. The number of aromatic carboxylic acids is 1. The third-order valence-corrected chi connectivity index (χ3v) is 7.98. The summed E-state index contributed by atoms with van der Waals surface area (Å²) in [4.78, 5) is 26.5. The number of nitrogens with zero attached hydrogens (tertiary/aromatic N) is 5. The Morgan fingerprint density at radius 3 is 2.71 bits per heavy atom. The number of ether oxygens (including phenoxy) is 2. The Balaban J connectivity index is 1.14. The van der Waals surface area contributed by atoms with Crippen molar-refractivity contribution in [1.29, 1.82) is 0 Å². The first-order chi connectivity index (χ1) is 20.0. The Morgan fingerprint density at radius 2 is 2.00 bits per heavy atom. The van der Waals surface area contributed by atoms with Gasteiger partial charge in [0, 0.05) is 23.9 Å². The van der Waals surface area contributed by atoms with Crippen molar-refractivity contribution in [2.24, 2.45) is 0 Å². The van der Waals surface area contributed by atoms with Crippen LogP contribution in [0.5, 0.6) is 5.88 Å². The molecule has 0 unspecified atom stereocenters. The van der Waals surface area contributed by atoms with Crippen LogP contribution in [0.25, 0.3) is 15.9 Å². The summed E-state index contributed by atoms with van der Waals surface area (Å²) in [5.41, 5.74) is 3.51. The third kappa shape index (κ3) is 5.78. The number of likely N-dealkylation sites (tertiary alicyclic amines) is 1. The van der Waals surface area contributed by atoms with Crippen LogP contribution in [0.3, 0.4) is 0 Å². The predicted molar refractivity (Wildman–Crippen MR) is 150 cm³/mol. The number of halogens is 1. The van der Waals surface area contributed by atoms with Gasteiger partial charge in [0.05, 0.1) is 42.4 Å². The van der Waals surface area contributed by atoms with Gasteiger partial charge in [0.25, 0.3) is 0 Å². The fraction of sp³-hybridized carbons (Fsp3) is 0.355. The van der Waals surface area contributed by atoms with Crippen molar-refractivity contribution in [2.75, 3.05) is 19.7 Å². The highest BCUT2D eigenvalue weighted by molar-refractivity contribution is 5.92. The van der Waals surface area contributed by atoms with Crippen LogP contribution in [0, 0.1) is 12.4 Å². The van der Waals surface area contributed by atoms with Gasteiger partial charge in [0.15, 0.2) is 5.69 Å². The SMILES string of the molecule is [C-]#[N+]c1ccc(COc2ncccc2C2CCN(Cc3nc4ccc(C(=O)O)cc4n3C[C@@H]3CCO3)CC2)c(F)c1. The maximum atomic E-state index is 14.4. The number of pyridine rings is 1. The quantitative estimate of drug-likeness (QED) is 0.270. The molecule has 0 aliphatic carbocycles.